The first-order chi connectivity index (χ1) is 10.4. The summed E-state index contributed by atoms with van der Waals surface area (Å²) < 4.78 is 6.96. The Morgan fingerprint density at radius 3 is 2.59 bits per heavy atom. The van der Waals surface area contributed by atoms with E-state index in [1.807, 2.05) is 0 Å². The van der Waals surface area contributed by atoms with E-state index < -0.39 is 0 Å². The van der Waals surface area contributed by atoms with Crippen LogP contribution in [0.5, 0.6) is 0 Å². The van der Waals surface area contributed by atoms with Gasteiger partial charge in [0.15, 0.2) is 0 Å². The van der Waals surface area contributed by atoms with Gasteiger partial charge < -0.3 is 4.42 Å². The summed E-state index contributed by atoms with van der Waals surface area (Å²) >= 11 is 3.50. The van der Waals surface area contributed by atoms with Crippen LogP contribution in [0.15, 0.2) is 33.2 Å². The van der Waals surface area contributed by atoms with Gasteiger partial charge in [0, 0.05) is 15.9 Å². The van der Waals surface area contributed by atoms with E-state index in [1.165, 1.54) is 18.4 Å². The number of hydrogen-bond acceptors (Lipinski definition) is 4. The molecular weight excluding hydrogens is 342 g/mol. The Balaban J connectivity index is 1.74. The van der Waals surface area contributed by atoms with Gasteiger partial charge in [0.05, 0.1) is 6.54 Å². The highest BCUT2D eigenvalue weighted by atomic mass is 79.9. The maximum absolute atomic E-state index is 5.84. The minimum atomic E-state index is -0.0959. The van der Waals surface area contributed by atoms with Gasteiger partial charge >= 0.3 is 0 Å². The third kappa shape index (κ3) is 3.41. The van der Waals surface area contributed by atoms with Gasteiger partial charge in [0.1, 0.15) is 0 Å². The topological polar surface area (TPSA) is 42.2 Å². The van der Waals surface area contributed by atoms with Gasteiger partial charge in [-0.15, -0.1) is 10.2 Å². The predicted octanol–water partition coefficient (Wildman–Crippen LogP) is 4.47. The zero-order chi connectivity index (χ0) is 15.7. The van der Waals surface area contributed by atoms with Crippen molar-refractivity contribution in [3.63, 3.8) is 0 Å². The number of likely N-dealkylation sites (tertiary alicyclic amines) is 1. The molecule has 0 radical (unpaired) electrons. The standard InChI is InChI=1S/C17H22BrN3O/c1-17(2,3)16-20-19-15(22-16)11-21-10-4-5-14(21)12-6-8-13(18)9-7-12/h6-9,14H,4-5,10-11H2,1-3H3. The van der Waals surface area contributed by atoms with Crippen molar-refractivity contribution in [2.24, 2.45) is 0 Å². The largest absolute Gasteiger partial charge is 0.423 e. The van der Waals surface area contributed by atoms with E-state index in [1.54, 1.807) is 0 Å². The molecule has 22 heavy (non-hydrogen) atoms. The summed E-state index contributed by atoms with van der Waals surface area (Å²) in [6.45, 7) is 8.07. The second kappa shape index (κ2) is 6.13. The molecule has 4 nitrogen and oxygen atoms in total. The van der Waals surface area contributed by atoms with E-state index in [0.29, 0.717) is 17.8 Å². The lowest BCUT2D eigenvalue weighted by molar-refractivity contribution is 0.218. The Hall–Kier alpha value is -1.20. The molecule has 2 heterocycles. The predicted molar refractivity (Wildman–Crippen MR) is 89.5 cm³/mol. The van der Waals surface area contributed by atoms with Crippen LogP contribution in [0.1, 0.15) is 57.0 Å². The zero-order valence-corrected chi connectivity index (χ0v) is 14.9. The van der Waals surface area contributed by atoms with Crippen molar-refractivity contribution in [3.05, 3.63) is 46.1 Å². The van der Waals surface area contributed by atoms with Crippen molar-refractivity contribution in [1.29, 1.82) is 0 Å². The highest BCUT2D eigenvalue weighted by Crippen LogP contribution is 2.33. The number of rotatable bonds is 3. The average Bonchev–Trinajstić information content (AvgIpc) is 3.09. The van der Waals surface area contributed by atoms with Crippen LogP contribution in [0.25, 0.3) is 0 Å². The first-order valence-electron chi connectivity index (χ1n) is 7.76. The van der Waals surface area contributed by atoms with Crippen molar-refractivity contribution >= 4 is 15.9 Å². The minimum Gasteiger partial charge on any atom is -0.423 e. The minimum absolute atomic E-state index is 0.0959. The summed E-state index contributed by atoms with van der Waals surface area (Å²) in [6, 6.07) is 9.05. The molecular formula is C17H22BrN3O. The molecule has 0 N–H and O–H groups in total. The van der Waals surface area contributed by atoms with Gasteiger partial charge in [0.25, 0.3) is 0 Å². The molecule has 1 aliphatic heterocycles. The van der Waals surface area contributed by atoms with E-state index in [-0.39, 0.29) is 5.41 Å². The molecule has 1 unspecified atom stereocenters. The number of aromatic nitrogens is 2. The second-order valence-corrected chi connectivity index (χ2v) is 7.85. The van der Waals surface area contributed by atoms with Gasteiger partial charge in [-0.05, 0) is 37.1 Å². The first-order valence-corrected chi connectivity index (χ1v) is 8.55. The molecule has 1 fully saturated rings. The normalized spacial score (nSPS) is 19.7. The summed E-state index contributed by atoms with van der Waals surface area (Å²) in [5.74, 6) is 1.43. The van der Waals surface area contributed by atoms with Crippen molar-refractivity contribution in [3.8, 4) is 0 Å². The number of benzene rings is 1. The molecule has 5 heteroatoms. The lowest BCUT2D eigenvalue weighted by Crippen LogP contribution is -2.23. The van der Waals surface area contributed by atoms with E-state index in [9.17, 15) is 0 Å². The summed E-state index contributed by atoms with van der Waals surface area (Å²) in [4.78, 5) is 2.43. The summed E-state index contributed by atoms with van der Waals surface area (Å²) in [5, 5.41) is 8.41. The summed E-state index contributed by atoms with van der Waals surface area (Å²) in [5.41, 5.74) is 1.26. The van der Waals surface area contributed by atoms with Crippen LogP contribution < -0.4 is 0 Å². The van der Waals surface area contributed by atoms with Crippen molar-refractivity contribution in [2.45, 2.75) is 51.6 Å². The monoisotopic (exact) mass is 363 g/mol. The Morgan fingerprint density at radius 1 is 1.23 bits per heavy atom. The highest BCUT2D eigenvalue weighted by Gasteiger charge is 2.28. The lowest BCUT2D eigenvalue weighted by Gasteiger charge is -2.23. The fraction of sp³-hybridized carbons (Fsp3) is 0.529. The van der Waals surface area contributed by atoms with Crippen LogP contribution in [-0.4, -0.2) is 21.6 Å². The van der Waals surface area contributed by atoms with Crippen LogP contribution in [0, 0.1) is 0 Å². The fourth-order valence-electron chi connectivity index (χ4n) is 2.87. The quantitative estimate of drug-likeness (QED) is 0.806. The molecule has 118 valence electrons. The van der Waals surface area contributed by atoms with Crippen molar-refractivity contribution in [1.82, 2.24) is 15.1 Å². The molecule has 1 atom stereocenters. The molecule has 2 aromatic rings. The third-order valence-corrected chi connectivity index (χ3v) is 4.59. The maximum atomic E-state index is 5.84. The Kier molecular flexibility index (Phi) is 4.37. The summed E-state index contributed by atoms with van der Waals surface area (Å²) in [7, 11) is 0. The Bertz CT molecular complexity index is 630. The molecule has 0 amide bonds. The zero-order valence-electron chi connectivity index (χ0n) is 13.3. The van der Waals surface area contributed by atoms with Crippen LogP contribution in [0.2, 0.25) is 0 Å². The van der Waals surface area contributed by atoms with Crippen LogP contribution in [0.3, 0.4) is 0 Å². The van der Waals surface area contributed by atoms with Crippen LogP contribution in [-0.2, 0) is 12.0 Å². The maximum Gasteiger partial charge on any atom is 0.230 e. The molecule has 0 spiro atoms. The van der Waals surface area contributed by atoms with Gasteiger partial charge in [-0.3, -0.25) is 4.90 Å². The SMILES string of the molecule is CC(C)(C)c1nnc(CN2CCCC2c2ccc(Br)cc2)o1. The van der Waals surface area contributed by atoms with Crippen LogP contribution in [0.4, 0.5) is 0 Å². The number of halogens is 1. The Morgan fingerprint density at radius 2 is 1.95 bits per heavy atom. The van der Waals surface area contributed by atoms with Crippen molar-refractivity contribution in [2.75, 3.05) is 6.54 Å². The highest BCUT2D eigenvalue weighted by molar-refractivity contribution is 9.10. The van der Waals surface area contributed by atoms with Gasteiger partial charge in [0.2, 0.25) is 11.8 Å². The molecule has 0 saturated carbocycles. The molecule has 1 aromatic carbocycles. The molecule has 3 rings (SSSR count). The van der Waals surface area contributed by atoms with E-state index >= 15 is 0 Å². The number of nitrogens with zero attached hydrogens (tertiary/aromatic N) is 3. The third-order valence-electron chi connectivity index (χ3n) is 4.07. The smallest absolute Gasteiger partial charge is 0.230 e. The summed E-state index contributed by atoms with van der Waals surface area (Å²) in [6.07, 6.45) is 2.39. The van der Waals surface area contributed by atoms with Gasteiger partial charge in [-0.1, -0.05) is 48.8 Å². The second-order valence-electron chi connectivity index (χ2n) is 6.93. The molecule has 1 aromatic heterocycles. The molecule has 1 aliphatic rings. The fourth-order valence-corrected chi connectivity index (χ4v) is 3.14. The van der Waals surface area contributed by atoms with Crippen LogP contribution >= 0.6 is 15.9 Å². The molecule has 0 aliphatic carbocycles. The van der Waals surface area contributed by atoms with E-state index in [4.69, 9.17) is 4.42 Å². The average molecular weight is 364 g/mol. The molecule has 1 saturated heterocycles. The van der Waals surface area contributed by atoms with E-state index in [2.05, 4.69) is 76.1 Å². The van der Waals surface area contributed by atoms with Gasteiger partial charge in [-0.25, -0.2) is 0 Å². The van der Waals surface area contributed by atoms with E-state index in [0.717, 1.165) is 17.6 Å². The molecule has 0 bridgehead atoms. The van der Waals surface area contributed by atoms with Gasteiger partial charge in [-0.2, -0.15) is 0 Å². The first kappa shape index (κ1) is 15.7. The lowest BCUT2D eigenvalue weighted by atomic mass is 9.97. The Labute approximate surface area is 140 Å². The number of hydrogen-bond donors (Lipinski definition) is 0. The van der Waals surface area contributed by atoms with Crippen molar-refractivity contribution < 1.29 is 4.42 Å².